The lowest BCUT2D eigenvalue weighted by atomic mass is 10.1. The second-order valence-corrected chi connectivity index (χ2v) is 3.57. The fourth-order valence-corrected chi connectivity index (χ4v) is 1.89. The summed E-state index contributed by atoms with van der Waals surface area (Å²) in [4.78, 5) is 0. The Kier molecular flexibility index (Phi) is 2.54. The number of fused-ring (bicyclic) bond motifs is 1. The normalized spacial score (nSPS) is 20.3. The Balaban J connectivity index is 2.32. The van der Waals surface area contributed by atoms with Crippen molar-refractivity contribution in [3.63, 3.8) is 0 Å². The molecule has 13 heavy (non-hydrogen) atoms. The van der Waals surface area contributed by atoms with Gasteiger partial charge in [0.1, 0.15) is 0 Å². The van der Waals surface area contributed by atoms with Crippen molar-refractivity contribution in [3.05, 3.63) is 34.3 Å². The number of hydrogen-bond acceptors (Lipinski definition) is 2. The Labute approximate surface area is 82.9 Å². The molecule has 2 nitrogen and oxygen atoms in total. The van der Waals surface area contributed by atoms with Gasteiger partial charge in [0, 0.05) is 17.1 Å². The standard InChI is InChI=1S/C10H12ClNO/c1-12-5-10-7-3-2-4-9(11)8(7)6-13-10/h2-4,10,12H,5-6H2,1H3. The molecule has 1 unspecified atom stereocenters. The van der Waals surface area contributed by atoms with E-state index >= 15 is 0 Å². The van der Waals surface area contributed by atoms with Crippen LogP contribution in [0.25, 0.3) is 0 Å². The highest BCUT2D eigenvalue weighted by atomic mass is 35.5. The van der Waals surface area contributed by atoms with Gasteiger partial charge < -0.3 is 10.1 Å². The zero-order chi connectivity index (χ0) is 9.26. The minimum absolute atomic E-state index is 0.165. The van der Waals surface area contributed by atoms with E-state index < -0.39 is 0 Å². The van der Waals surface area contributed by atoms with E-state index in [-0.39, 0.29) is 6.10 Å². The van der Waals surface area contributed by atoms with Gasteiger partial charge in [-0.3, -0.25) is 0 Å². The molecule has 1 N–H and O–H groups in total. The van der Waals surface area contributed by atoms with Crippen LogP contribution in [0.5, 0.6) is 0 Å². The Morgan fingerprint density at radius 2 is 2.46 bits per heavy atom. The zero-order valence-electron chi connectivity index (χ0n) is 7.51. The molecule has 1 aliphatic rings. The molecule has 1 aromatic rings. The molecule has 0 aromatic heterocycles. The van der Waals surface area contributed by atoms with Crippen LogP contribution in [0.2, 0.25) is 5.02 Å². The number of benzene rings is 1. The Bertz CT molecular complexity index is 314. The van der Waals surface area contributed by atoms with Crippen LogP contribution in [0.15, 0.2) is 18.2 Å². The monoisotopic (exact) mass is 197 g/mol. The third kappa shape index (κ3) is 1.57. The number of hydrogen-bond donors (Lipinski definition) is 1. The topological polar surface area (TPSA) is 21.3 Å². The molecule has 0 aliphatic carbocycles. The van der Waals surface area contributed by atoms with Crippen molar-refractivity contribution >= 4 is 11.6 Å². The maximum Gasteiger partial charge on any atom is 0.0957 e. The van der Waals surface area contributed by atoms with E-state index in [0.29, 0.717) is 6.61 Å². The van der Waals surface area contributed by atoms with Crippen molar-refractivity contribution < 1.29 is 4.74 Å². The fourth-order valence-electron chi connectivity index (χ4n) is 1.66. The van der Waals surface area contributed by atoms with E-state index in [1.165, 1.54) is 5.56 Å². The van der Waals surface area contributed by atoms with Crippen LogP contribution in [-0.4, -0.2) is 13.6 Å². The number of rotatable bonds is 2. The summed E-state index contributed by atoms with van der Waals surface area (Å²) in [5, 5.41) is 3.92. The van der Waals surface area contributed by atoms with Crippen molar-refractivity contribution in [2.45, 2.75) is 12.7 Å². The zero-order valence-corrected chi connectivity index (χ0v) is 8.27. The van der Waals surface area contributed by atoms with E-state index in [1.807, 2.05) is 19.2 Å². The molecule has 0 spiro atoms. The molecule has 0 saturated heterocycles. The lowest BCUT2D eigenvalue weighted by molar-refractivity contribution is 0.0675. The molecule has 1 aromatic carbocycles. The summed E-state index contributed by atoms with van der Waals surface area (Å²) in [6.07, 6.45) is 0.165. The Hall–Kier alpha value is -0.570. The van der Waals surface area contributed by atoms with Crippen molar-refractivity contribution in [3.8, 4) is 0 Å². The van der Waals surface area contributed by atoms with Crippen LogP contribution in [0, 0.1) is 0 Å². The highest BCUT2D eigenvalue weighted by molar-refractivity contribution is 6.31. The second-order valence-electron chi connectivity index (χ2n) is 3.16. The molecule has 2 rings (SSSR count). The molecule has 0 bridgehead atoms. The first-order valence-electron chi connectivity index (χ1n) is 4.36. The summed E-state index contributed by atoms with van der Waals surface area (Å²) >= 11 is 6.03. The van der Waals surface area contributed by atoms with E-state index in [0.717, 1.165) is 17.1 Å². The smallest absolute Gasteiger partial charge is 0.0957 e. The number of halogens is 1. The summed E-state index contributed by atoms with van der Waals surface area (Å²) in [5.41, 5.74) is 2.37. The van der Waals surface area contributed by atoms with E-state index in [1.54, 1.807) is 0 Å². The first-order chi connectivity index (χ1) is 6.33. The van der Waals surface area contributed by atoms with Crippen LogP contribution in [0.1, 0.15) is 17.2 Å². The predicted molar refractivity (Wildman–Crippen MR) is 52.9 cm³/mol. The highest BCUT2D eigenvalue weighted by Crippen LogP contribution is 2.34. The van der Waals surface area contributed by atoms with Crippen molar-refractivity contribution in [1.29, 1.82) is 0 Å². The second kappa shape index (κ2) is 3.66. The van der Waals surface area contributed by atoms with E-state index in [9.17, 15) is 0 Å². The van der Waals surface area contributed by atoms with Crippen LogP contribution in [-0.2, 0) is 11.3 Å². The number of nitrogens with one attached hydrogen (secondary N) is 1. The molecule has 0 saturated carbocycles. The Morgan fingerprint density at radius 1 is 1.62 bits per heavy atom. The van der Waals surface area contributed by atoms with Crippen molar-refractivity contribution in [2.75, 3.05) is 13.6 Å². The van der Waals surface area contributed by atoms with E-state index in [4.69, 9.17) is 16.3 Å². The van der Waals surface area contributed by atoms with Gasteiger partial charge in [-0.15, -0.1) is 0 Å². The third-order valence-corrected chi connectivity index (χ3v) is 2.67. The molecule has 1 aliphatic heterocycles. The highest BCUT2D eigenvalue weighted by Gasteiger charge is 2.23. The largest absolute Gasteiger partial charge is 0.367 e. The average molecular weight is 198 g/mol. The first-order valence-corrected chi connectivity index (χ1v) is 4.74. The number of ether oxygens (including phenoxy) is 1. The van der Waals surface area contributed by atoms with Gasteiger partial charge in [-0.25, -0.2) is 0 Å². The summed E-state index contributed by atoms with van der Waals surface area (Å²) < 4.78 is 5.60. The minimum atomic E-state index is 0.165. The van der Waals surface area contributed by atoms with Gasteiger partial charge in [0.2, 0.25) is 0 Å². The molecule has 70 valence electrons. The van der Waals surface area contributed by atoms with Gasteiger partial charge in [0.15, 0.2) is 0 Å². The van der Waals surface area contributed by atoms with Crippen LogP contribution in [0.3, 0.4) is 0 Å². The maximum absolute atomic E-state index is 6.03. The van der Waals surface area contributed by atoms with Gasteiger partial charge in [-0.1, -0.05) is 23.7 Å². The minimum Gasteiger partial charge on any atom is -0.367 e. The van der Waals surface area contributed by atoms with Gasteiger partial charge in [-0.2, -0.15) is 0 Å². The molecule has 3 heteroatoms. The fraction of sp³-hybridized carbons (Fsp3) is 0.400. The van der Waals surface area contributed by atoms with Crippen molar-refractivity contribution in [2.24, 2.45) is 0 Å². The van der Waals surface area contributed by atoms with E-state index in [2.05, 4.69) is 11.4 Å². The Morgan fingerprint density at radius 3 is 3.23 bits per heavy atom. The first kappa shape index (κ1) is 9.00. The van der Waals surface area contributed by atoms with Crippen LogP contribution in [0.4, 0.5) is 0 Å². The summed E-state index contributed by atoms with van der Waals surface area (Å²) in [5.74, 6) is 0. The van der Waals surface area contributed by atoms with Gasteiger partial charge in [0.05, 0.1) is 12.7 Å². The molecule has 0 radical (unpaired) electrons. The molecule has 0 amide bonds. The predicted octanol–water partition coefficient (Wildman–Crippen LogP) is 2.13. The molecular weight excluding hydrogens is 186 g/mol. The summed E-state index contributed by atoms with van der Waals surface area (Å²) in [6.45, 7) is 1.48. The lowest BCUT2D eigenvalue weighted by Gasteiger charge is -2.09. The summed E-state index contributed by atoms with van der Waals surface area (Å²) in [6, 6.07) is 5.96. The van der Waals surface area contributed by atoms with Crippen LogP contribution >= 0.6 is 11.6 Å². The molecule has 1 atom stereocenters. The molecular formula is C10H12ClNO. The van der Waals surface area contributed by atoms with Gasteiger partial charge >= 0.3 is 0 Å². The van der Waals surface area contributed by atoms with Gasteiger partial charge in [-0.05, 0) is 18.7 Å². The molecule has 0 fully saturated rings. The average Bonchev–Trinajstić information content (AvgIpc) is 2.51. The quantitative estimate of drug-likeness (QED) is 0.785. The molecule has 1 heterocycles. The van der Waals surface area contributed by atoms with Gasteiger partial charge in [0.25, 0.3) is 0 Å². The number of likely N-dealkylation sites (N-methyl/N-ethyl adjacent to an activating group) is 1. The van der Waals surface area contributed by atoms with Crippen molar-refractivity contribution in [1.82, 2.24) is 5.32 Å². The summed E-state index contributed by atoms with van der Waals surface area (Å²) in [7, 11) is 1.92. The third-order valence-electron chi connectivity index (χ3n) is 2.32. The lowest BCUT2D eigenvalue weighted by Crippen LogP contribution is -2.16. The SMILES string of the molecule is CNCC1OCc2c(Cl)cccc21. The maximum atomic E-state index is 6.03. The van der Waals surface area contributed by atoms with Crippen LogP contribution < -0.4 is 5.32 Å².